The van der Waals surface area contributed by atoms with Crippen LogP contribution in [-0.4, -0.2) is 64.1 Å². The van der Waals surface area contributed by atoms with Gasteiger partial charge in [-0.3, -0.25) is 9.36 Å². The van der Waals surface area contributed by atoms with Crippen molar-refractivity contribution in [2.45, 2.75) is 206 Å². The Kier molecular flexibility index (Phi) is 26.6. The van der Waals surface area contributed by atoms with E-state index in [9.17, 15) is 14.3 Å². The maximum absolute atomic E-state index is 12.7. The monoisotopic (exact) mass is 781 g/mol. The first-order chi connectivity index (χ1) is 29.0. The number of rotatable bonds is 41. The van der Waals surface area contributed by atoms with Crippen LogP contribution in [0.3, 0.4) is 0 Å². The van der Waals surface area contributed by atoms with Gasteiger partial charge in [0.1, 0.15) is 19.8 Å². The van der Waals surface area contributed by atoms with Crippen LogP contribution in [0.5, 0.6) is 0 Å². The molecule has 0 aromatic carbocycles. The molecular formula is C44H86NO7P. The number of phosphoric acid groups is 1. The van der Waals surface area contributed by atoms with Crippen LogP contribution in [0.1, 0.15) is 212 Å². The Morgan fingerprint density at radius 3 is 1.75 bits per heavy atom. The fraction of sp³-hybridized carbons (Fsp3) is 0.886. The number of ether oxygens (including phenoxy) is 2. The van der Waals surface area contributed by atoms with Crippen LogP contribution >= 0.6 is 7.82 Å². The highest BCUT2D eigenvalue weighted by atomic mass is 31.2. The summed E-state index contributed by atoms with van der Waals surface area (Å²) < 4.78 is 103. The number of esters is 1. The number of nitrogens with zero attached hydrogens (tertiary/aromatic N) is 1. The molecule has 0 fully saturated rings. The summed E-state index contributed by atoms with van der Waals surface area (Å²) in [7, 11) is 1.15. The van der Waals surface area contributed by atoms with Crippen LogP contribution in [0.4, 0.5) is 0 Å². The zero-order valence-electron chi connectivity index (χ0n) is 43.4. The molecule has 0 aromatic rings. The van der Waals surface area contributed by atoms with Crippen LogP contribution < -0.4 is 4.89 Å². The zero-order chi connectivity index (χ0) is 47.0. The Morgan fingerprint density at radius 1 is 0.698 bits per heavy atom. The van der Waals surface area contributed by atoms with Gasteiger partial charge in [-0.2, -0.15) is 0 Å². The van der Waals surface area contributed by atoms with Crippen molar-refractivity contribution >= 4 is 13.8 Å². The molecule has 8 nitrogen and oxygen atoms in total. The average molecular weight is 781 g/mol. The Bertz CT molecular complexity index is 1250. The standard InChI is InChI=1S/C44H86NO7P/c1-6-8-10-12-14-16-18-20-22-24-26-28-30-32-34-36-39-49-41-43(42-51-53(47,48)50-40-38-45(3,4)5)52-44(46)37-35-33-31-29-27-25-23-21-19-17-15-13-11-9-7-2/h21,23,36,39,43H,6-20,22,24-35,37-38,40-42H2,1-5H3/b23-21-,39-36-/t43-/m1/s1/i2D3,7D2,9D2,11D2. The summed E-state index contributed by atoms with van der Waals surface area (Å²) in [4.78, 5) is 25.1. The number of phosphoric ester groups is 1. The highest BCUT2D eigenvalue weighted by Gasteiger charge is 2.20. The molecule has 0 saturated carbocycles. The summed E-state index contributed by atoms with van der Waals surface area (Å²) in [6.07, 6.45) is 23.1. The Morgan fingerprint density at radius 2 is 1.21 bits per heavy atom. The molecule has 0 spiro atoms. The maximum atomic E-state index is 12.7. The van der Waals surface area contributed by atoms with Crippen molar-refractivity contribution in [2.75, 3.05) is 47.5 Å². The van der Waals surface area contributed by atoms with Gasteiger partial charge in [0, 0.05) is 18.8 Å². The van der Waals surface area contributed by atoms with E-state index in [-0.39, 0.29) is 26.1 Å². The first kappa shape index (κ1) is 37.4. The Labute approximate surface area is 341 Å². The molecular weight excluding hydrogens is 685 g/mol. The smallest absolute Gasteiger partial charge is 0.306 e. The summed E-state index contributed by atoms with van der Waals surface area (Å²) in [6, 6.07) is 0. The van der Waals surface area contributed by atoms with E-state index in [0.717, 1.165) is 44.9 Å². The lowest BCUT2D eigenvalue weighted by atomic mass is 10.0. The quantitative estimate of drug-likeness (QED) is 0.0152. The van der Waals surface area contributed by atoms with Gasteiger partial charge in [-0.05, 0) is 51.0 Å². The zero-order valence-corrected chi connectivity index (χ0v) is 35.2. The van der Waals surface area contributed by atoms with E-state index in [2.05, 4.69) is 6.92 Å². The van der Waals surface area contributed by atoms with E-state index in [1.165, 1.54) is 83.5 Å². The van der Waals surface area contributed by atoms with Gasteiger partial charge in [0.15, 0.2) is 6.10 Å². The molecule has 314 valence electrons. The van der Waals surface area contributed by atoms with Crippen molar-refractivity contribution in [3.05, 3.63) is 24.5 Å². The normalized spacial score (nSPS) is 17.5. The molecule has 0 aliphatic heterocycles. The number of carbonyl (C=O) groups excluding carboxylic acids is 1. The van der Waals surface area contributed by atoms with Crippen LogP contribution in [-0.2, 0) is 27.9 Å². The number of carbonyl (C=O) groups is 1. The summed E-state index contributed by atoms with van der Waals surface area (Å²) in [6.45, 7) is -1.06. The third kappa shape index (κ3) is 41.8. The summed E-state index contributed by atoms with van der Waals surface area (Å²) in [5.41, 5.74) is 0. The van der Waals surface area contributed by atoms with Crippen LogP contribution in [0, 0.1) is 0 Å². The first-order valence-electron chi connectivity index (χ1n) is 25.5. The van der Waals surface area contributed by atoms with Gasteiger partial charge in [0.25, 0.3) is 7.82 Å². The summed E-state index contributed by atoms with van der Waals surface area (Å²) in [5.74, 6) is -0.455. The number of likely N-dealkylation sites (N-methyl/N-ethyl adjacent to an activating group) is 1. The van der Waals surface area contributed by atoms with Gasteiger partial charge in [-0.1, -0.05) is 161 Å². The Hall–Kier alpha value is -1.18. The predicted molar refractivity (Wildman–Crippen MR) is 222 cm³/mol. The van der Waals surface area contributed by atoms with Crippen LogP contribution in [0.15, 0.2) is 24.5 Å². The van der Waals surface area contributed by atoms with E-state index < -0.39 is 52.5 Å². The minimum atomic E-state index is -4.61. The van der Waals surface area contributed by atoms with Crippen molar-refractivity contribution in [3.63, 3.8) is 0 Å². The maximum Gasteiger partial charge on any atom is 0.306 e. The molecule has 0 saturated heterocycles. The van der Waals surface area contributed by atoms with Gasteiger partial charge < -0.3 is 27.9 Å². The fourth-order valence-corrected chi connectivity index (χ4v) is 6.36. The van der Waals surface area contributed by atoms with E-state index >= 15 is 0 Å². The SMILES string of the molecule is [2H]C([2H])([2H])C([2H])([2H])C([2H])([2H])C([2H])([2H])CCCC/C=C\CCCCCCCC(=O)O[C@H](CO/C=C\CCCCCCCCCCCCCCCC)COP(=O)([O-])OCC[N+](C)(C)C. The lowest BCUT2D eigenvalue weighted by Crippen LogP contribution is -2.37. The van der Waals surface area contributed by atoms with Gasteiger partial charge in [-0.25, -0.2) is 0 Å². The van der Waals surface area contributed by atoms with Crippen molar-refractivity contribution < 1.29 is 49.6 Å². The highest BCUT2D eigenvalue weighted by molar-refractivity contribution is 7.45. The molecule has 0 aliphatic carbocycles. The van der Waals surface area contributed by atoms with Gasteiger partial charge in [-0.15, -0.1) is 0 Å². The molecule has 1 unspecified atom stereocenters. The molecule has 0 aromatic heterocycles. The molecule has 0 aliphatic rings. The third-order valence-electron chi connectivity index (χ3n) is 8.92. The number of unbranched alkanes of at least 4 members (excludes halogenated alkanes) is 21. The number of hydrogen-bond acceptors (Lipinski definition) is 7. The molecule has 0 amide bonds. The number of allylic oxidation sites excluding steroid dienone is 3. The minimum Gasteiger partial charge on any atom is -0.756 e. The molecule has 53 heavy (non-hydrogen) atoms. The molecule has 9 heteroatoms. The van der Waals surface area contributed by atoms with E-state index in [4.69, 9.17) is 30.9 Å². The summed E-state index contributed by atoms with van der Waals surface area (Å²) >= 11 is 0. The lowest BCUT2D eigenvalue weighted by molar-refractivity contribution is -0.870. The van der Waals surface area contributed by atoms with Crippen molar-refractivity contribution in [1.29, 1.82) is 0 Å². The predicted octanol–water partition coefficient (Wildman–Crippen LogP) is 12.5. The van der Waals surface area contributed by atoms with Crippen molar-refractivity contribution in [2.24, 2.45) is 0 Å². The molecule has 2 atom stereocenters. The fourth-order valence-electron chi connectivity index (χ4n) is 5.63. The highest BCUT2D eigenvalue weighted by Crippen LogP contribution is 2.38. The first-order valence-corrected chi connectivity index (χ1v) is 22.5. The van der Waals surface area contributed by atoms with Crippen LogP contribution in [0.25, 0.3) is 0 Å². The molecule has 0 heterocycles. The topological polar surface area (TPSA) is 94.1 Å². The van der Waals surface area contributed by atoms with E-state index in [0.29, 0.717) is 36.7 Å². The number of hydrogen-bond donors (Lipinski definition) is 0. The molecule has 0 radical (unpaired) electrons. The Balaban J connectivity index is 4.46. The lowest BCUT2D eigenvalue weighted by Gasteiger charge is -2.28. The largest absolute Gasteiger partial charge is 0.756 e. The molecule has 0 N–H and O–H groups in total. The van der Waals surface area contributed by atoms with Gasteiger partial charge >= 0.3 is 5.97 Å². The second-order valence-electron chi connectivity index (χ2n) is 15.2. The van der Waals surface area contributed by atoms with Crippen molar-refractivity contribution in [3.8, 4) is 0 Å². The second kappa shape index (κ2) is 37.7. The minimum absolute atomic E-state index is 0.0329. The second-order valence-corrected chi connectivity index (χ2v) is 16.7. The van der Waals surface area contributed by atoms with E-state index in [1.54, 1.807) is 6.26 Å². The average Bonchev–Trinajstić information content (AvgIpc) is 3.16. The van der Waals surface area contributed by atoms with Crippen LogP contribution in [0.2, 0.25) is 0 Å². The summed E-state index contributed by atoms with van der Waals surface area (Å²) in [5, 5.41) is 0. The molecule has 0 rings (SSSR count). The van der Waals surface area contributed by atoms with Crippen molar-refractivity contribution in [1.82, 2.24) is 0 Å². The van der Waals surface area contributed by atoms with E-state index in [1.807, 2.05) is 39.4 Å². The third-order valence-corrected chi connectivity index (χ3v) is 9.88. The number of quaternary nitrogens is 1. The van der Waals surface area contributed by atoms with Gasteiger partial charge in [0.05, 0.1) is 34.0 Å². The van der Waals surface area contributed by atoms with Gasteiger partial charge in [0.2, 0.25) is 0 Å². The molecule has 0 bridgehead atoms.